The van der Waals surface area contributed by atoms with Crippen molar-refractivity contribution in [1.29, 1.82) is 0 Å². The molecule has 0 aromatic rings. The van der Waals surface area contributed by atoms with Crippen LogP contribution in [0.4, 0.5) is 0 Å². The second-order valence-electron chi connectivity index (χ2n) is 4.77. The lowest BCUT2D eigenvalue weighted by molar-refractivity contribution is -0.111. The van der Waals surface area contributed by atoms with Crippen molar-refractivity contribution in [2.24, 2.45) is 17.3 Å². The van der Waals surface area contributed by atoms with E-state index in [-0.39, 0.29) is 0 Å². The summed E-state index contributed by atoms with van der Waals surface area (Å²) in [5.41, 5.74) is 0.401. The Morgan fingerprint density at radius 1 is 1.27 bits per heavy atom. The fraction of sp³-hybridized carbons (Fsp3) is 0.900. The fourth-order valence-corrected chi connectivity index (χ4v) is 1.93. The maximum absolute atomic E-state index is 10.5. The van der Waals surface area contributed by atoms with E-state index < -0.39 is 0 Å². The third kappa shape index (κ3) is 2.05. The number of carbonyl (C=O) groups excluding carboxylic acids is 1. The summed E-state index contributed by atoms with van der Waals surface area (Å²) in [6.45, 7) is 6.81. The summed E-state index contributed by atoms with van der Waals surface area (Å²) in [4.78, 5) is 10.5. The van der Waals surface area contributed by atoms with Gasteiger partial charge in [-0.25, -0.2) is 0 Å². The Morgan fingerprint density at radius 3 is 2.18 bits per heavy atom. The van der Waals surface area contributed by atoms with Crippen LogP contribution in [0.15, 0.2) is 0 Å². The Hall–Kier alpha value is -0.330. The van der Waals surface area contributed by atoms with Crippen LogP contribution in [0.1, 0.15) is 40.0 Å². The molecule has 0 aliphatic heterocycles. The van der Waals surface area contributed by atoms with Gasteiger partial charge in [0.2, 0.25) is 0 Å². The minimum absolute atomic E-state index is 0.360. The molecule has 0 amide bonds. The summed E-state index contributed by atoms with van der Waals surface area (Å²) in [6.07, 6.45) is 4.61. The average molecular weight is 154 g/mol. The van der Waals surface area contributed by atoms with Gasteiger partial charge in [0, 0.05) is 5.92 Å². The lowest BCUT2D eigenvalue weighted by Crippen LogP contribution is -2.17. The number of carbonyl (C=O) groups is 1. The lowest BCUT2D eigenvalue weighted by Gasteiger charge is -2.26. The molecule has 0 radical (unpaired) electrons. The molecule has 1 aliphatic carbocycles. The molecule has 0 N–H and O–H groups in total. The molecule has 1 nitrogen and oxygen atoms in total. The molecular formula is C10H18O. The van der Waals surface area contributed by atoms with Gasteiger partial charge in [-0.15, -0.1) is 0 Å². The van der Waals surface area contributed by atoms with Gasteiger partial charge in [0.15, 0.2) is 0 Å². The average Bonchev–Trinajstić information content (AvgIpc) is 2.32. The molecule has 2 atom stereocenters. The van der Waals surface area contributed by atoms with Crippen molar-refractivity contribution >= 4 is 6.29 Å². The highest BCUT2D eigenvalue weighted by Crippen LogP contribution is 2.41. The van der Waals surface area contributed by atoms with E-state index in [0.29, 0.717) is 11.3 Å². The van der Waals surface area contributed by atoms with Crippen LogP contribution in [0.5, 0.6) is 0 Å². The molecule has 0 aromatic heterocycles. The number of hydrogen-bond donors (Lipinski definition) is 0. The zero-order valence-electron chi connectivity index (χ0n) is 7.76. The second kappa shape index (κ2) is 2.96. The van der Waals surface area contributed by atoms with Crippen molar-refractivity contribution < 1.29 is 4.79 Å². The Morgan fingerprint density at radius 2 is 1.91 bits per heavy atom. The summed E-state index contributed by atoms with van der Waals surface area (Å²) in [6, 6.07) is 0. The molecule has 0 aromatic carbocycles. The molecule has 0 heterocycles. The highest BCUT2D eigenvalue weighted by atomic mass is 16.1. The van der Waals surface area contributed by atoms with Crippen molar-refractivity contribution in [3.8, 4) is 0 Å². The first kappa shape index (κ1) is 8.76. The van der Waals surface area contributed by atoms with Crippen molar-refractivity contribution in [2.75, 3.05) is 0 Å². The largest absolute Gasteiger partial charge is 0.303 e. The normalized spacial score (nSPS) is 32.3. The Balaban J connectivity index is 2.48. The summed E-state index contributed by atoms with van der Waals surface area (Å²) >= 11 is 0. The maximum atomic E-state index is 10.5. The quantitative estimate of drug-likeness (QED) is 0.531. The third-order valence-electron chi connectivity index (χ3n) is 2.89. The van der Waals surface area contributed by atoms with E-state index in [4.69, 9.17) is 0 Å². The number of rotatable bonds is 1. The van der Waals surface area contributed by atoms with Crippen LogP contribution < -0.4 is 0 Å². The van der Waals surface area contributed by atoms with E-state index in [9.17, 15) is 4.79 Å². The van der Waals surface area contributed by atoms with Crippen molar-refractivity contribution in [1.82, 2.24) is 0 Å². The first-order valence-corrected chi connectivity index (χ1v) is 4.49. The molecule has 11 heavy (non-hydrogen) atoms. The van der Waals surface area contributed by atoms with E-state index >= 15 is 0 Å². The first-order valence-electron chi connectivity index (χ1n) is 4.49. The van der Waals surface area contributed by atoms with Gasteiger partial charge in [-0.1, -0.05) is 20.8 Å². The predicted molar refractivity (Wildman–Crippen MR) is 46.4 cm³/mol. The molecule has 0 spiro atoms. The van der Waals surface area contributed by atoms with Crippen LogP contribution in [0.25, 0.3) is 0 Å². The van der Waals surface area contributed by atoms with E-state index in [0.717, 1.165) is 25.0 Å². The van der Waals surface area contributed by atoms with Gasteiger partial charge in [0.25, 0.3) is 0 Å². The van der Waals surface area contributed by atoms with E-state index in [2.05, 4.69) is 20.8 Å². The summed E-state index contributed by atoms with van der Waals surface area (Å²) in [7, 11) is 0. The topological polar surface area (TPSA) is 17.1 Å². The smallest absolute Gasteiger partial charge is 0.123 e. The minimum Gasteiger partial charge on any atom is -0.303 e. The van der Waals surface area contributed by atoms with Crippen LogP contribution in [0.2, 0.25) is 0 Å². The van der Waals surface area contributed by atoms with Crippen LogP contribution in [0, 0.1) is 17.3 Å². The Bertz CT molecular complexity index is 143. The van der Waals surface area contributed by atoms with Crippen molar-refractivity contribution in [3.63, 3.8) is 0 Å². The highest BCUT2D eigenvalue weighted by Gasteiger charge is 2.32. The Labute approximate surface area is 69.2 Å². The first-order chi connectivity index (χ1) is 5.04. The fourth-order valence-electron chi connectivity index (χ4n) is 1.93. The summed E-state index contributed by atoms with van der Waals surface area (Å²) in [5.74, 6) is 1.12. The zero-order chi connectivity index (χ0) is 8.48. The molecule has 0 bridgehead atoms. The Kier molecular flexibility index (Phi) is 2.36. The maximum Gasteiger partial charge on any atom is 0.123 e. The molecule has 1 saturated carbocycles. The molecule has 64 valence electrons. The van der Waals surface area contributed by atoms with E-state index in [1.807, 2.05) is 0 Å². The second-order valence-corrected chi connectivity index (χ2v) is 4.77. The predicted octanol–water partition coefficient (Wildman–Crippen LogP) is 2.65. The van der Waals surface area contributed by atoms with Gasteiger partial charge in [-0.2, -0.15) is 0 Å². The minimum atomic E-state index is 0.360. The monoisotopic (exact) mass is 154 g/mol. The molecule has 1 unspecified atom stereocenters. The van der Waals surface area contributed by atoms with Gasteiger partial charge < -0.3 is 4.79 Å². The van der Waals surface area contributed by atoms with Crippen LogP contribution >= 0.6 is 0 Å². The van der Waals surface area contributed by atoms with Gasteiger partial charge in [0.05, 0.1) is 0 Å². The molecule has 1 rings (SSSR count). The zero-order valence-corrected chi connectivity index (χ0v) is 7.76. The summed E-state index contributed by atoms with van der Waals surface area (Å²) in [5, 5.41) is 0. The molecule has 1 heteroatoms. The number of aldehydes is 1. The van der Waals surface area contributed by atoms with Crippen molar-refractivity contribution in [2.45, 2.75) is 40.0 Å². The van der Waals surface area contributed by atoms with Crippen LogP contribution in [0.3, 0.4) is 0 Å². The van der Waals surface area contributed by atoms with Gasteiger partial charge in [-0.05, 0) is 30.6 Å². The van der Waals surface area contributed by atoms with E-state index in [1.165, 1.54) is 6.42 Å². The number of hydrogen-bond acceptors (Lipinski definition) is 1. The van der Waals surface area contributed by atoms with E-state index in [1.54, 1.807) is 0 Å². The van der Waals surface area contributed by atoms with Gasteiger partial charge in [0.1, 0.15) is 6.29 Å². The van der Waals surface area contributed by atoms with Gasteiger partial charge >= 0.3 is 0 Å². The van der Waals surface area contributed by atoms with Crippen LogP contribution in [-0.4, -0.2) is 6.29 Å². The van der Waals surface area contributed by atoms with Crippen LogP contribution in [-0.2, 0) is 4.79 Å². The molecular weight excluding hydrogens is 136 g/mol. The molecule has 1 fully saturated rings. The third-order valence-corrected chi connectivity index (χ3v) is 2.89. The van der Waals surface area contributed by atoms with Gasteiger partial charge in [-0.3, -0.25) is 0 Å². The van der Waals surface area contributed by atoms with Crippen molar-refractivity contribution in [3.05, 3.63) is 0 Å². The highest BCUT2D eigenvalue weighted by molar-refractivity contribution is 5.53. The SMILES string of the molecule is CC(C)(C)C1CC[C@H](C=O)C1. The molecule has 1 aliphatic rings. The standard InChI is InChI=1S/C10H18O/c1-10(2,3)9-5-4-8(6-9)7-11/h7-9H,4-6H2,1-3H3/t8-,9?/m0/s1. The lowest BCUT2D eigenvalue weighted by atomic mass is 9.79. The summed E-state index contributed by atoms with van der Waals surface area (Å²) < 4.78 is 0. The molecule has 0 saturated heterocycles.